The zero-order chi connectivity index (χ0) is 15.7. The summed E-state index contributed by atoms with van der Waals surface area (Å²) in [5.74, 6) is 0. The molecule has 2 unspecified atom stereocenters. The third-order valence-corrected chi connectivity index (χ3v) is 9.44. The Bertz CT molecular complexity index is 502. The monoisotopic (exact) mass is 303 g/mol. The molecule has 2 nitrogen and oxygen atoms in total. The topological polar surface area (TPSA) is 21.3 Å². The molecular formula is C18H29NOSi. The Labute approximate surface area is 130 Å². The minimum Gasteiger partial charge on any atom is -0.415 e. The molecule has 1 N–H and O–H groups in total. The van der Waals surface area contributed by atoms with Crippen molar-refractivity contribution in [3.63, 3.8) is 0 Å². The van der Waals surface area contributed by atoms with E-state index < -0.39 is 8.32 Å². The molecule has 0 aromatic heterocycles. The summed E-state index contributed by atoms with van der Waals surface area (Å²) < 4.78 is 6.37. The fourth-order valence-electron chi connectivity index (χ4n) is 2.32. The van der Waals surface area contributed by atoms with Crippen molar-refractivity contribution in [3.8, 4) is 0 Å². The normalized spacial score (nSPS) is 23.2. The van der Waals surface area contributed by atoms with Crippen LogP contribution < -0.4 is 5.32 Å². The fraction of sp³-hybridized carbons (Fsp3) is 0.556. The minimum atomic E-state index is -1.67. The lowest BCUT2D eigenvalue weighted by molar-refractivity contribution is 0.259. The van der Waals surface area contributed by atoms with Gasteiger partial charge in [-0.2, -0.15) is 0 Å². The number of rotatable bonds is 4. The highest BCUT2D eigenvalue weighted by Crippen LogP contribution is 2.37. The first-order chi connectivity index (χ1) is 9.71. The van der Waals surface area contributed by atoms with Crippen molar-refractivity contribution < 1.29 is 4.43 Å². The van der Waals surface area contributed by atoms with Crippen LogP contribution in [-0.2, 0) is 4.43 Å². The van der Waals surface area contributed by atoms with E-state index in [1.54, 1.807) is 0 Å². The van der Waals surface area contributed by atoms with Crippen molar-refractivity contribution in [3.05, 3.63) is 47.5 Å². The number of benzene rings is 1. The molecule has 0 saturated carbocycles. The number of hydrogen-bond acceptors (Lipinski definition) is 2. The molecule has 2 rings (SSSR count). The van der Waals surface area contributed by atoms with Gasteiger partial charge in [0.1, 0.15) is 0 Å². The van der Waals surface area contributed by atoms with Crippen molar-refractivity contribution >= 4 is 8.32 Å². The second kappa shape index (κ2) is 6.07. The summed E-state index contributed by atoms with van der Waals surface area (Å²) in [5.41, 5.74) is 2.72. The molecule has 1 aliphatic heterocycles. The van der Waals surface area contributed by atoms with E-state index in [-0.39, 0.29) is 5.04 Å². The molecular weight excluding hydrogens is 274 g/mol. The molecule has 0 radical (unpaired) electrons. The van der Waals surface area contributed by atoms with Crippen LogP contribution in [0.3, 0.4) is 0 Å². The molecule has 2 atom stereocenters. The van der Waals surface area contributed by atoms with Gasteiger partial charge in [-0.3, -0.25) is 5.32 Å². The highest BCUT2D eigenvalue weighted by molar-refractivity contribution is 6.74. The highest BCUT2D eigenvalue weighted by Gasteiger charge is 2.38. The first-order valence-electron chi connectivity index (χ1n) is 7.84. The lowest BCUT2D eigenvalue weighted by Gasteiger charge is -2.37. The predicted octanol–water partition coefficient (Wildman–Crippen LogP) is 4.67. The van der Waals surface area contributed by atoms with Crippen LogP contribution in [0.25, 0.3) is 0 Å². The highest BCUT2D eigenvalue weighted by atomic mass is 28.4. The van der Waals surface area contributed by atoms with Crippen LogP contribution in [0.2, 0.25) is 18.1 Å². The first-order valence-corrected chi connectivity index (χ1v) is 10.7. The molecule has 1 heterocycles. The van der Waals surface area contributed by atoms with E-state index in [0.717, 1.165) is 6.61 Å². The maximum atomic E-state index is 6.37. The maximum Gasteiger partial charge on any atom is 0.192 e. The molecule has 0 amide bonds. The second-order valence-corrected chi connectivity index (χ2v) is 12.4. The molecule has 0 aliphatic carbocycles. The molecule has 0 bridgehead atoms. The van der Waals surface area contributed by atoms with E-state index >= 15 is 0 Å². The quantitative estimate of drug-likeness (QED) is 0.645. The average molecular weight is 304 g/mol. The summed E-state index contributed by atoms with van der Waals surface area (Å²) in [5, 5.41) is 3.95. The SMILES string of the molecule is CC1=CC(c2ccccc2)NC1CO[Si](C)(C)C(C)(C)C. The molecule has 0 saturated heterocycles. The van der Waals surface area contributed by atoms with E-state index in [1.807, 2.05) is 0 Å². The van der Waals surface area contributed by atoms with E-state index in [1.165, 1.54) is 11.1 Å². The second-order valence-electron chi connectivity index (χ2n) is 7.59. The first kappa shape index (κ1) is 16.5. The van der Waals surface area contributed by atoms with Crippen LogP contribution in [0.4, 0.5) is 0 Å². The third kappa shape index (κ3) is 3.85. The number of nitrogens with one attached hydrogen (secondary N) is 1. The van der Waals surface area contributed by atoms with Gasteiger partial charge in [-0.15, -0.1) is 0 Å². The third-order valence-electron chi connectivity index (χ3n) is 4.94. The largest absolute Gasteiger partial charge is 0.415 e. The summed E-state index contributed by atoms with van der Waals surface area (Å²) >= 11 is 0. The molecule has 1 aliphatic rings. The van der Waals surface area contributed by atoms with Gasteiger partial charge in [-0.25, -0.2) is 0 Å². The lowest BCUT2D eigenvalue weighted by atomic mass is 10.1. The Morgan fingerprint density at radius 3 is 2.33 bits per heavy atom. The Balaban J connectivity index is 1.97. The van der Waals surface area contributed by atoms with Crippen LogP contribution in [-0.4, -0.2) is 21.0 Å². The van der Waals surface area contributed by atoms with Crippen LogP contribution in [0.5, 0.6) is 0 Å². The lowest BCUT2D eigenvalue weighted by Crippen LogP contribution is -2.44. The molecule has 1 aromatic carbocycles. The maximum absolute atomic E-state index is 6.37. The molecule has 3 heteroatoms. The summed E-state index contributed by atoms with van der Waals surface area (Å²) in [7, 11) is -1.67. The summed E-state index contributed by atoms with van der Waals surface area (Å²) in [6.45, 7) is 14.5. The van der Waals surface area contributed by atoms with Gasteiger partial charge in [0.05, 0.1) is 18.7 Å². The average Bonchev–Trinajstić information content (AvgIpc) is 2.78. The van der Waals surface area contributed by atoms with Gasteiger partial charge >= 0.3 is 0 Å². The van der Waals surface area contributed by atoms with Gasteiger partial charge in [0.25, 0.3) is 0 Å². The van der Waals surface area contributed by atoms with Gasteiger partial charge in [0, 0.05) is 0 Å². The zero-order valence-corrected chi connectivity index (χ0v) is 15.2. The Morgan fingerprint density at radius 1 is 1.14 bits per heavy atom. The van der Waals surface area contributed by atoms with E-state index in [4.69, 9.17) is 4.43 Å². The Kier molecular flexibility index (Phi) is 4.76. The zero-order valence-electron chi connectivity index (χ0n) is 14.2. The number of hydrogen-bond donors (Lipinski definition) is 1. The van der Waals surface area contributed by atoms with Crippen LogP contribution in [0.1, 0.15) is 39.3 Å². The van der Waals surface area contributed by atoms with Crippen molar-refractivity contribution in [1.82, 2.24) is 5.32 Å². The Hall–Kier alpha value is -0.903. The molecule has 0 spiro atoms. The summed E-state index contributed by atoms with van der Waals surface area (Å²) in [6.07, 6.45) is 2.33. The van der Waals surface area contributed by atoms with Crippen LogP contribution in [0.15, 0.2) is 42.0 Å². The van der Waals surface area contributed by atoms with E-state index in [9.17, 15) is 0 Å². The molecule has 116 valence electrons. The van der Waals surface area contributed by atoms with E-state index in [0.29, 0.717) is 12.1 Å². The van der Waals surface area contributed by atoms with Crippen molar-refractivity contribution in [2.75, 3.05) is 6.61 Å². The van der Waals surface area contributed by atoms with Gasteiger partial charge in [-0.05, 0) is 30.6 Å². The van der Waals surface area contributed by atoms with Gasteiger partial charge in [-0.1, -0.05) is 62.8 Å². The minimum absolute atomic E-state index is 0.266. The predicted molar refractivity (Wildman–Crippen MR) is 93.0 cm³/mol. The van der Waals surface area contributed by atoms with Crippen LogP contribution in [0, 0.1) is 0 Å². The van der Waals surface area contributed by atoms with Gasteiger partial charge in [0.2, 0.25) is 0 Å². The smallest absolute Gasteiger partial charge is 0.192 e. The van der Waals surface area contributed by atoms with Crippen molar-refractivity contribution in [2.45, 2.75) is 57.9 Å². The van der Waals surface area contributed by atoms with Gasteiger partial charge in [0.15, 0.2) is 8.32 Å². The fourth-order valence-corrected chi connectivity index (χ4v) is 3.33. The summed E-state index contributed by atoms with van der Waals surface area (Å²) in [6, 6.07) is 11.3. The standard InChI is InChI=1S/C18H29NOSi/c1-14-12-16(15-10-8-7-9-11-15)19-17(14)13-20-21(5,6)18(2,3)4/h7-12,16-17,19H,13H2,1-6H3. The van der Waals surface area contributed by atoms with Crippen LogP contribution >= 0.6 is 0 Å². The van der Waals surface area contributed by atoms with Crippen molar-refractivity contribution in [2.24, 2.45) is 0 Å². The summed E-state index contributed by atoms with van der Waals surface area (Å²) in [4.78, 5) is 0. The molecule has 21 heavy (non-hydrogen) atoms. The molecule has 0 fully saturated rings. The van der Waals surface area contributed by atoms with Crippen molar-refractivity contribution in [1.29, 1.82) is 0 Å². The van der Waals surface area contributed by atoms with E-state index in [2.05, 4.69) is 82.5 Å². The Morgan fingerprint density at radius 2 is 1.76 bits per heavy atom. The molecule has 1 aromatic rings. The van der Waals surface area contributed by atoms with Gasteiger partial charge < -0.3 is 4.43 Å².